The van der Waals surface area contributed by atoms with E-state index in [4.69, 9.17) is 11.7 Å². The minimum absolute atomic E-state index is 0.216. The van der Waals surface area contributed by atoms with Crippen molar-refractivity contribution in [3.63, 3.8) is 0 Å². The maximum atomic E-state index is 6.24. The van der Waals surface area contributed by atoms with Crippen LogP contribution in [0, 0.1) is 0 Å². The molecule has 0 bridgehead atoms. The molecule has 0 aliphatic rings. The Morgan fingerprint density at radius 1 is 1.05 bits per heavy atom. The van der Waals surface area contributed by atoms with E-state index in [-0.39, 0.29) is 6.17 Å². The molecule has 1 unspecified atom stereocenters. The molecule has 0 heterocycles. The number of nitrogens with two attached hydrogens (primary N) is 2. The highest BCUT2D eigenvalue weighted by Crippen LogP contribution is 2.30. The lowest BCUT2D eigenvalue weighted by atomic mass is 10.1. The van der Waals surface area contributed by atoms with Crippen LogP contribution in [-0.4, -0.2) is 16.5 Å². The number of hydrazine groups is 2. The molecule has 0 aromatic heterocycles. The summed E-state index contributed by atoms with van der Waals surface area (Å²) in [6.07, 6.45) is -0.216. The minimum atomic E-state index is -0.216. The lowest BCUT2D eigenvalue weighted by Gasteiger charge is -2.31. The maximum Gasteiger partial charge on any atom is 0.125 e. The molecule has 2 rings (SSSR count). The molecule has 0 fully saturated rings. The van der Waals surface area contributed by atoms with Crippen LogP contribution in [0.2, 0.25) is 0 Å². The molecule has 22 heavy (non-hydrogen) atoms. The third-order valence-corrected chi connectivity index (χ3v) is 4.18. The van der Waals surface area contributed by atoms with Gasteiger partial charge in [-0.15, -0.1) is 0 Å². The number of hydrogen-bond acceptors (Lipinski definition) is 5. The molecule has 0 aliphatic carbocycles. The normalized spacial score (nSPS) is 12.6. The summed E-state index contributed by atoms with van der Waals surface area (Å²) in [4.78, 5) is 1.05. The van der Waals surface area contributed by atoms with Crippen LogP contribution in [0.15, 0.2) is 66.1 Å². The SMILES string of the molecule is C=C(C)c1ccc(SN(N)C(c2ccccc2)N(C)N)cc1. The van der Waals surface area contributed by atoms with E-state index < -0.39 is 0 Å². The Labute approximate surface area is 136 Å². The number of benzene rings is 2. The monoisotopic (exact) mass is 314 g/mol. The molecule has 0 radical (unpaired) electrons. The van der Waals surface area contributed by atoms with Crippen LogP contribution in [0.5, 0.6) is 0 Å². The van der Waals surface area contributed by atoms with Gasteiger partial charge in [0, 0.05) is 11.9 Å². The summed E-state index contributed by atoms with van der Waals surface area (Å²) in [7, 11) is 1.81. The van der Waals surface area contributed by atoms with Crippen LogP contribution in [-0.2, 0) is 0 Å². The van der Waals surface area contributed by atoms with Gasteiger partial charge in [-0.05, 0) is 42.1 Å². The average molecular weight is 314 g/mol. The van der Waals surface area contributed by atoms with Crippen molar-refractivity contribution < 1.29 is 0 Å². The van der Waals surface area contributed by atoms with Crippen molar-refractivity contribution >= 4 is 17.5 Å². The van der Waals surface area contributed by atoms with E-state index in [1.165, 1.54) is 11.9 Å². The van der Waals surface area contributed by atoms with E-state index in [0.29, 0.717) is 0 Å². The topological polar surface area (TPSA) is 58.5 Å². The first kappa shape index (κ1) is 16.7. The Hall–Kier alpha value is -1.63. The number of hydrogen-bond donors (Lipinski definition) is 2. The zero-order valence-corrected chi connectivity index (χ0v) is 13.8. The van der Waals surface area contributed by atoms with E-state index in [0.717, 1.165) is 21.6 Å². The predicted molar refractivity (Wildman–Crippen MR) is 94.2 cm³/mol. The Balaban J connectivity index is 2.14. The van der Waals surface area contributed by atoms with Gasteiger partial charge in [-0.1, -0.05) is 54.6 Å². The fourth-order valence-corrected chi connectivity index (χ4v) is 3.03. The highest BCUT2D eigenvalue weighted by molar-refractivity contribution is 7.97. The van der Waals surface area contributed by atoms with Crippen LogP contribution in [0.1, 0.15) is 24.2 Å². The van der Waals surface area contributed by atoms with Crippen molar-refractivity contribution in [3.05, 3.63) is 72.3 Å². The second-order valence-corrected chi connectivity index (χ2v) is 6.28. The number of allylic oxidation sites excluding steroid dienone is 1. The molecule has 1 atom stereocenters. The zero-order chi connectivity index (χ0) is 16.1. The smallest absolute Gasteiger partial charge is 0.125 e. The van der Waals surface area contributed by atoms with E-state index in [2.05, 4.69) is 6.58 Å². The maximum absolute atomic E-state index is 6.24. The molecular formula is C17H22N4S. The third-order valence-electron chi connectivity index (χ3n) is 3.28. The van der Waals surface area contributed by atoms with Crippen molar-refractivity contribution in [2.24, 2.45) is 11.7 Å². The molecule has 0 amide bonds. The quantitative estimate of drug-likeness (QED) is 0.370. The van der Waals surface area contributed by atoms with Gasteiger partial charge in [-0.25, -0.2) is 5.01 Å². The van der Waals surface area contributed by atoms with Crippen molar-refractivity contribution in [2.45, 2.75) is 18.0 Å². The fraction of sp³-hybridized carbons (Fsp3) is 0.176. The van der Waals surface area contributed by atoms with Gasteiger partial charge in [0.15, 0.2) is 0 Å². The first-order valence-electron chi connectivity index (χ1n) is 6.99. The van der Waals surface area contributed by atoms with Crippen LogP contribution >= 0.6 is 11.9 Å². The molecule has 4 N–H and O–H groups in total. The first-order chi connectivity index (χ1) is 10.5. The molecule has 0 saturated heterocycles. The third kappa shape index (κ3) is 4.19. The van der Waals surface area contributed by atoms with E-state index in [1.807, 2.05) is 68.6 Å². The molecule has 4 nitrogen and oxygen atoms in total. The van der Waals surface area contributed by atoms with Gasteiger partial charge in [-0.2, -0.15) is 4.41 Å². The fourth-order valence-electron chi connectivity index (χ4n) is 2.16. The predicted octanol–water partition coefficient (Wildman–Crippen LogP) is 3.41. The molecule has 116 valence electrons. The molecule has 5 heteroatoms. The molecule has 0 spiro atoms. The van der Waals surface area contributed by atoms with Crippen LogP contribution in [0.3, 0.4) is 0 Å². The summed E-state index contributed by atoms with van der Waals surface area (Å²) in [5.41, 5.74) is 3.22. The van der Waals surface area contributed by atoms with Crippen molar-refractivity contribution in [1.82, 2.24) is 9.42 Å². The van der Waals surface area contributed by atoms with Gasteiger partial charge in [0.1, 0.15) is 6.17 Å². The second kappa shape index (κ2) is 7.58. The largest absolute Gasteiger partial charge is 0.267 e. The summed E-state index contributed by atoms with van der Waals surface area (Å²) in [6, 6.07) is 18.1. The zero-order valence-electron chi connectivity index (χ0n) is 12.9. The summed E-state index contributed by atoms with van der Waals surface area (Å²) in [5, 5.41) is 1.60. The van der Waals surface area contributed by atoms with E-state index in [9.17, 15) is 0 Å². The Bertz CT molecular complexity index is 610. The summed E-state index contributed by atoms with van der Waals surface area (Å²) >= 11 is 1.46. The van der Waals surface area contributed by atoms with Crippen molar-refractivity contribution in [2.75, 3.05) is 7.05 Å². The van der Waals surface area contributed by atoms with Gasteiger partial charge in [0.05, 0.1) is 0 Å². The summed E-state index contributed by atoms with van der Waals surface area (Å²) in [6.45, 7) is 5.93. The standard InChI is InChI=1S/C17H22N4S/c1-13(2)14-9-11-16(12-10-14)22-21(19)17(20(3)18)15-7-5-4-6-8-15/h4-12,17H,1,18-19H2,2-3H3. The van der Waals surface area contributed by atoms with E-state index in [1.54, 1.807) is 9.42 Å². The van der Waals surface area contributed by atoms with Gasteiger partial charge in [0.2, 0.25) is 0 Å². The van der Waals surface area contributed by atoms with Gasteiger partial charge in [-0.3, -0.25) is 11.7 Å². The van der Waals surface area contributed by atoms with Gasteiger partial charge in [0.25, 0.3) is 0 Å². The minimum Gasteiger partial charge on any atom is -0.267 e. The van der Waals surface area contributed by atoms with Crippen molar-refractivity contribution in [3.8, 4) is 0 Å². The summed E-state index contributed by atoms with van der Waals surface area (Å²) in [5.74, 6) is 12.2. The van der Waals surface area contributed by atoms with Crippen LogP contribution < -0.4 is 11.7 Å². The number of rotatable bonds is 6. The molecule has 2 aromatic rings. The first-order valence-corrected chi connectivity index (χ1v) is 7.76. The van der Waals surface area contributed by atoms with Crippen molar-refractivity contribution in [1.29, 1.82) is 0 Å². The van der Waals surface area contributed by atoms with Crippen LogP contribution in [0.4, 0.5) is 0 Å². The Morgan fingerprint density at radius 3 is 2.14 bits per heavy atom. The van der Waals surface area contributed by atoms with E-state index >= 15 is 0 Å². The highest BCUT2D eigenvalue weighted by atomic mass is 32.2. The Kier molecular flexibility index (Phi) is 5.76. The molecule has 2 aromatic carbocycles. The van der Waals surface area contributed by atoms with Gasteiger partial charge >= 0.3 is 0 Å². The summed E-state index contributed by atoms with van der Waals surface area (Å²) < 4.78 is 1.66. The average Bonchev–Trinajstić information content (AvgIpc) is 2.48. The van der Waals surface area contributed by atoms with Gasteiger partial charge < -0.3 is 0 Å². The molecule has 0 saturated carbocycles. The highest BCUT2D eigenvalue weighted by Gasteiger charge is 2.21. The Morgan fingerprint density at radius 2 is 1.64 bits per heavy atom. The lowest BCUT2D eigenvalue weighted by molar-refractivity contribution is 0.140. The second-order valence-electron chi connectivity index (χ2n) is 5.21. The molecule has 0 aliphatic heterocycles. The number of nitrogens with zero attached hydrogens (tertiary/aromatic N) is 2. The lowest BCUT2D eigenvalue weighted by Crippen LogP contribution is -2.43. The van der Waals surface area contributed by atoms with Crippen LogP contribution in [0.25, 0.3) is 5.57 Å². The molecular weight excluding hydrogens is 292 g/mol.